The molecule has 0 aromatic heterocycles. The third-order valence-electron chi connectivity index (χ3n) is 0.980. The van der Waals surface area contributed by atoms with Crippen molar-refractivity contribution in [3.63, 3.8) is 0 Å². The molecule has 0 fully saturated rings. The molecule has 0 aliphatic rings. The van der Waals surface area contributed by atoms with Crippen molar-refractivity contribution < 1.29 is 10.2 Å². The molecule has 1 rings (SSSR count). The van der Waals surface area contributed by atoms with Crippen LogP contribution in [0.4, 0.5) is 0 Å². The van der Waals surface area contributed by atoms with Crippen LogP contribution in [0.5, 0.6) is 0 Å². The molecule has 1 aromatic carbocycles. The first-order valence-electron chi connectivity index (χ1n) is 3.94. The van der Waals surface area contributed by atoms with Gasteiger partial charge in [0.2, 0.25) is 0 Å². The minimum absolute atomic E-state index is 0. The first-order chi connectivity index (χ1) is 7.25. The number of aryl methyl sites for hydroxylation is 1. The van der Waals surface area contributed by atoms with E-state index in [1.807, 2.05) is 31.2 Å². The predicted octanol–water partition coefficient (Wildman–Crippen LogP) is 1.58. The summed E-state index contributed by atoms with van der Waals surface area (Å²) in [6.07, 6.45) is 0. The monoisotopic (exact) mass is 320 g/mol. The van der Waals surface area contributed by atoms with Gasteiger partial charge in [0, 0.05) is 5.02 Å². The van der Waals surface area contributed by atoms with Crippen molar-refractivity contribution in [2.45, 2.75) is 6.92 Å². The number of benzene rings is 1. The topological polar surface area (TPSA) is 92.5 Å². The second kappa shape index (κ2) is 14.6. The van der Waals surface area contributed by atoms with Crippen LogP contribution in [0.3, 0.4) is 0 Å². The molecule has 0 amide bonds. The van der Waals surface area contributed by atoms with Gasteiger partial charge in [0.1, 0.15) is 0 Å². The third kappa shape index (κ3) is 31.5. The number of hydrogen-bond acceptors (Lipinski definition) is 2. The molecule has 0 saturated heterocycles. The second-order valence-electron chi connectivity index (χ2n) is 2.48. The van der Waals surface area contributed by atoms with Crippen molar-refractivity contribution in [3.8, 4) is 0 Å². The summed E-state index contributed by atoms with van der Waals surface area (Å²) < 4.78 is 0. The van der Waals surface area contributed by atoms with E-state index >= 15 is 0 Å². The zero-order valence-corrected chi connectivity index (χ0v) is 10.9. The van der Waals surface area contributed by atoms with Gasteiger partial charge in [0.15, 0.2) is 0 Å². The zero-order valence-electron chi connectivity index (χ0n) is 8.55. The molecule has 0 radical (unpaired) electrons. The molecule has 8 heteroatoms. The van der Waals surface area contributed by atoms with Gasteiger partial charge in [-0.2, -0.15) is 0 Å². The Hall–Kier alpha value is 0.526. The van der Waals surface area contributed by atoms with Crippen LogP contribution in [0, 0.1) is 6.92 Å². The van der Waals surface area contributed by atoms with Crippen molar-refractivity contribution in [2.75, 3.05) is 0 Å². The number of hydrogen-bond donors (Lipinski definition) is 4. The number of aliphatic hydroxyl groups is 2. The molecule has 1 aromatic rings. The van der Waals surface area contributed by atoms with Gasteiger partial charge in [0.25, 0.3) is 10.3 Å². The van der Waals surface area contributed by atoms with Gasteiger partial charge in [0.05, 0.1) is 0 Å². The summed E-state index contributed by atoms with van der Waals surface area (Å²) in [5.41, 5.74) is 10.0. The van der Waals surface area contributed by atoms with Crippen LogP contribution in [-0.4, -0.2) is 71.9 Å². The van der Waals surface area contributed by atoms with E-state index in [-0.39, 0.29) is 51.4 Å². The molecule has 0 heterocycles. The Morgan fingerprint density at radius 2 is 1.53 bits per heavy atom. The molecular weight excluding hydrogens is 307 g/mol. The Labute approximate surface area is 159 Å². The molecule has 92 valence electrons. The van der Waals surface area contributed by atoms with Gasteiger partial charge in [-0.1, -0.05) is 23.7 Å². The summed E-state index contributed by atoms with van der Waals surface area (Å²) in [4.78, 5) is 0. The fourth-order valence-corrected chi connectivity index (χ4v) is 0.850. The van der Waals surface area contributed by atoms with Gasteiger partial charge in [-0.15, -0.1) is 0 Å². The van der Waals surface area contributed by atoms with Crippen molar-refractivity contribution in [1.29, 1.82) is 0 Å². The van der Waals surface area contributed by atoms with Gasteiger partial charge >= 0.3 is 51.4 Å². The standard InChI is InChI=1S/C7H7Cl.2CH3NOS.K.H/c1-6-3-2-4-7(8)5-6;2*2-1(3)4;;/h2-5H,1H3;2*(H3,2,3,4);;. The second-order valence-corrected chi connectivity index (χ2v) is 3.75. The molecule has 17 heavy (non-hydrogen) atoms. The zero-order chi connectivity index (χ0) is 13.1. The van der Waals surface area contributed by atoms with E-state index in [9.17, 15) is 0 Å². The average Bonchev–Trinajstić information content (AvgIpc) is 2.00. The fraction of sp³-hybridized carbons (Fsp3) is 0.111. The average molecular weight is 321 g/mol. The van der Waals surface area contributed by atoms with Crippen molar-refractivity contribution in [2.24, 2.45) is 11.5 Å². The van der Waals surface area contributed by atoms with Crippen LogP contribution in [0.15, 0.2) is 24.3 Å². The van der Waals surface area contributed by atoms with E-state index in [0.29, 0.717) is 0 Å². The van der Waals surface area contributed by atoms with Gasteiger partial charge < -0.3 is 21.7 Å². The Morgan fingerprint density at radius 1 is 1.18 bits per heavy atom. The van der Waals surface area contributed by atoms with Gasteiger partial charge in [-0.3, -0.25) is 0 Å². The van der Waals surface area contributed by atoms with Crippen LogP contribution in [0.25, 0.3) is 0 Å². The third-order valence-corrected chi connectivity index (χ3v) is 1.22. The number of halogens is 1. The van der Waals surface area contributed by atoms with E-state index < -0.39 is 10.3 Å². The summed E-state index contributed by atoms with van der Waals surface area (Å²) in [5, 5.41) is 14.9. The van der Waals surface area contributed by atoms with Crippen LogP contribution in [0.1, 0.15) is 5.56 Å². The first-order valence-corrected chi connectivity index (χ1v) is 5.14. The van der Waals surface area contributed by atoms with Gasteiger partial charge in [-0.25, -0.2) is 0 Å². The Morgan fingerprint density at radius 3 is 1.71 bits per heavy atom. The minimum atomic E-state index is -0.500. The molecule has 0 bridgehead atoms. The maximum atomic E-state index is 7.56. The molecule has 6 N–H and O–H groups in total. The summed E-state index contributed by atoms with van der Waals surface area (Å²) in [7, 11) is 0. The molecular formula is C9H14ClKN2O2S2. The van der Waals surface area contributed by atoms with Crippen molar-refractivity contribution in [1.82, 2.24) is 0 Å². The van der Waals surface area contributed by atoms with E-state index in [1.165, 1.54) is 5.56 Å². The molecule has 0 unspecified atom stereocenters. The van der Waals surface area contributed by atoms with E-state index in [2.05, 4.69) is 35.9 Å². The fourth-order valence-electron chi connectivity index (χ4n) is 0.606. The Kier molecular flexibility index (Phi) is 19.5. The Balaban J connectivity index is -0.000000189. The number of rotatable bonds is 0. The van der Waals surface area contributed by atoms with Crippen LogP contribution in [0.2, 0.25) is 5.02 Å². The van der Waals surface area contributed by atoms with Crippen LogP contribution < -0.4 is 11.5 Å². The van der Waals surface area contributed by atoms with E-state index in [4.69, 9.17) is 21.8 Å². The number of aliphatic hydroxyl groups excluding tert-OH is 2. The number of thiocarbonyl (C=S) groups is 2. The maximum absolute atomic E-state index is 7.56. The first kappa shape index (κ1) is 22.7. The quantitative estimate of drug-likeness (QED) is 0.428. The van der Waals surface area contributed by atoms with Gasteiger partial charge in [-0.05, 0) is 49.1 Å². The molecule has 0 saturated carbocycles. The number of nitrogens with two attached hydrogens (primary N) is 2. The SMILES string of the molecule is Cc1cccc(Cl)c1.NC(O)=S.NC(O)=S.[KH]. The normalized spacial score (nSPS) is 7.18. The summed E-state index contributed by atoms with van der Waals surface area (Å²) >= 11 is 13.4. The van der Waals surface area contributed by atoms with Crippen molar-refractivity contribution >= 4 is 97.8 Å². The summed E-state index contributed by atoms with van der Waals surface area (Å²) in [6, 6.07) is 7.76. The Bertz CT molecular complexity index is 316. The molecule has 0 aliphatic heterocycles. The van der Waals surface area contributed by atoms with E-state index in [0.717, 1.165) is 5.02 Å². The summed E-state index contributed by atoms with van der Waals surface area (Å²) in [5.74, 6) is 0. The van der Waals surface area contributed by atoms with E-state index in [1.54, 1.807) is 0 Å². The molecule has 4 nitrogen and oxygen atoms in total. The molecule has 0 spiro atoms. The summed E-state index contributed by atoms with van der Waals surface area (Å²) in [6.45, 7) is 2.02. The molecule has 0 aliphatic carbocycles. The van der Waals surface area contributed by atoms with Crippen molar-refractivity contribution in [3.05, 3.63) is 34.9 Å². The van der Waals surface area contributed by atoms with Crippen LogP contribution in [-0.2, 0) is 0 Å². The predicted molar refractivity (Wildman–Crippen MR) is 82.2 cm³/mol. The van der Waals surface area contributed by atoms with Crippen LogP contribution >= 0.6 is 36.0 Å². The molecule has 0 atom stereocenters.